The number of fused-ring (bicyclic) bond motifs is 1. The van der Waals surface area contributed by atoms with Crippen LogP contribution in [0.3, 0.4) is 0 Å². The van der Waals surface area contributed by atoms with Crippen LogP contribution in [0.1, 0.15) is 5.56 Å². The van der Waals surface area contributed by atoms with Crippen LogP contribution in [0.4, 0.5) is 11.5 Å². The van der Waals surface area contributed by atoms with Gasteiger partial charge in [-0.25, -0.2) is 9.97 Å². The van der Waals surface area contributed by atoms with Crippen LogP contribution in [0.15, 0.2) is 54.7 Å². The summed E-state index contributed by atoms with van der Waals surface area (Å²) >= 11 is 6.22. The summed E-state index contributed by atoms with van der Waals surface area (Å²) in [6.45, 7) is 0.531. The van der Waals surface area contributed by atoms with Gasteiger partial charge < -0.3 is 11.5 Å². The summed E-state index contributed by atoms with van der Waals surface area (Å²) in [6, 6.07) is 15.0. The second kappa shape index (κ2) is 6.07. The first kappa shape index (κ1) is 15.4. The Morgan fingerprint density at radius 3 is 2.64 bits per heavy atom. The largest absolute Gasteiger partial charge is 0.399 e. The lowest BCUT2D eigenvalue weighted by Gasteiger charge is -2.03. The van der Waals surface area contributed by atoms with Gasteiger partial charge in [-0.1, -0.05) is 41.9 Å². The molecule has 2 aromatic carbocycles. The maximum Gasteiger partial charge on any atom is 0.186 e. The maximum absolute atomic E-state index is 6.22. The van der Waals surface area contributed by atoms with E-state index in [2.05, 4.69) is 15.1 Å². The van der Waals surface area contributed by atoms with Gasteiger partial charge in [0.2, 0.25) is 0 Å². The van der Waals surface area contributed by atoms with Gasteiger partial charge >= 0.3 is 0 Å². The van der Waals surface area contributed by atoms with Crippen molar-refractivity contribution in [3.05, 3.63) is 65.3 Å². The van der Waals surface area contributed by atoms with E-state index in [1.807, 2.05) is 48.7 Å². The zero-order valence-corrected chi connectivity index (χ0v) is 14.0. The molecule has 0 radical (unpaired) electrons. The number of benzene rings is 2. The number of anilines is 2. The number of nitrogen functional groups attached to an aromatic ring is 2. The smallest absolute Gasteiger partial charge is 0.186 e. The number of hydrogen-bond acceptors (Lipinski definition) is 5. The number of aromatic nitrogens is 4. The first-order valence-corrected chi connectivity index (χ1v) is 8.08. The third kappa shape index (κ3) is 2.99. The van der Waals surface area contributed by atoms with Crippen molar-refractivity contribution < 1.29 is 0 Å². The number of halogens is 1. The molecular weight excluding hydrogens is 336 g/mol. The molecular formula is C18H15ClN6. The monoisotopic (exact) mass is 350 g/mol. The lowest BCUT2D eigenvalue weighted by atomic mass is 10.2. The van der Waals surface area contributed by atoms with Crippen molar-refractivity contribution in [3.63, 3.8) is 0 Å². The Balaban J connectivity index is 1.76. The van der Waals surface area contributed by atoms with Gasteiger partial charge in [0.25, 0.3) is 0 Å². The van der Waals surface area contributed by atoms with Gasteiger partial charge in [0.05, 0.1) is 11.9 Å². The van der Waals surface area contributed by atoms with Gasteiger partial charge in [-0.2, -0.15) is 5.10 Å². The highest BCUT2D eigenvalue weighted by Crippen LogP contribution is 2.24. The quantitative estimate of drug-likeness (QED) is 0.552. The maximum atomic E-state index is 6.22. The molecule has 124 valence electrons. The minimum atomic E-state index is 0.382. The summed E-state index contributed by atoms with van der Waals surface area (Å²) in [7, 11) is 0. The van der Waals surface area contributed by atoms with Gasteiger partial charge in [-0.3, -0.25) is 4.68 Å². The zero-order valence-electron chi connectivity index (χ0n) is 13.2. The molecule has 2 aromatic heterocycles. The van der Waals surface area contributed by atoms with Gasteiger partial charge in [0, 0.05) is 22.5 Å². The first-order chi connectivity index (χ1) is 12.1. The Bertz CT molecular complexity index is 1070. The minimum absolute atomic E-state index is 0.382. The summed E-state index contributed by atoms with van der Waals surface area (Å²) in [5.74, 6) is 0.883. The van der Waals surface area contributed by atoms with Crippen molar-refractivity contribution in [1.29, 1.82) is 0 Å². The van der Waals surface area contributed by atoms with Crippen LogP contribution in [-0.4, -0.2) is 19.7 Å². The van der Waals surface area contributed by atoms with E-state index in [9.17, 15) is 0 Å². The van der Waals surface area contributed by atoms with Crippen molar-refractivity contribution in [3.8, 4) is 11.4 Å². The SMILES string of the molecule is Nc1cccc(-c2nc(N)c3cn(Cc4ccccc4Cl)nc3n2)c1. The fraction of sp³-hybridized carbons (Fsp3) is 0.0556. The predicted octanol–water partition coefficient (Wildman–Crippen LogP) is 3.36. The average molecular weight is 351 g/mol. The van der Waals surface area contributed by atoms with Crippen molar-refractivity contribution in [2.75, 3.05) is 11.5 Å². The molecule has 0 unspecified atom stereocenters. The highest BCUT2D eigenvalue weighted by Gasteiger charge is 2.12. The Labute approximate surface area is 149 Å². The van der Waals surface area contributed by atoms with E-state index >= 15 is 0 Å². The Morgan fingerprint density at radius 1 is 1.00 bits per heavy atom. The second-order valence-corrected chi connectivity index (χ2v) is 6.12. The van der Waals surface area contributed by atoms with Gasteiger partial charge in [0.1, 0.15) is 5.82 Å². The zero-order chi connectivity index (χ0) is 17.4. The molecule has 0 amide bonds. The Morgan fingerprint density at radius 2 is 1.84 bits per heavy atom. The highest BCUT2D eigenvalue weighted by molar-refractivity contribution is 6.31. The fourth-order valence-electron chi connectivity index (χ4n) is 2.66. The molecule has 4 N–H and O–H groups in total. The number of nitrogens with zero attached hydrogens (tertiary/aromatic N) is 4. The minimum Gasteiger partial charge on any atom is -0.399 e. The predicted molar refractivity (Wildman–Crippen MR) is 100 cm³/mol. The lowest BCUT2D eigenvalue weighted by Crippen LogP contribution is -2.00. The topological polar surface area (TPSA) is 95.6 Å². The van der Waals surface area contributed by atoms with Crippen LogP contribution in [0.2, 0.25) is 5.02 Å². The van der Waals surface area contributed by atoms with Crippen LogP contribution in [0.5, 0.6) is 0 Å². The van der Waals surface area contributed by atoms with Crippen LogP contribution >= 0.6 is 11.6 Å². The summed E-state index contributed by atoms with van der Waals surface area (Å²) < 4.78 is 1.76. The number of hydrogen-bond donors (Lipinski definition) is 2. The van der Waals surface area contributed by atoms with Gasteiger partial charge in [-0.15, -0.1) is 0 Å². The van der Waals surface area contributed by atoms with Crippen molar-refractivity contribution >= 4 is 34.1 Å². The second-order valence-electron chi connectivity index (χ2n) is 5.71. The molecule has 0 aliphatic carbocycles. The highest BCUT2D eigenvalue weighted by atomic mass is 35.5. The van der Waals surface area contributed by atoms with E-state index in [0.717, 1.165) is 11.1 Å². The van der Waals surface area contributed by atoms with Crippen molar-refractivity contribution in [1.82, 2.24) is 19.7 Å². The number of rotatable bonds is 3. The summed E-state index contributed by atoms with van der Waals surface area (Å²) in [5, 5.41) is 5.92. The lowest BCUT2D eigenvalue weighted by molar-refractivity contribution is 0.693. The molecule has 0 aliphatic rings. The third-order valence-electron chi connectivity index (χ3n) is 3.89. The van der Waals surface area contributed by atoms with Gasteiger partial charge in [0.15, 0.2) is 11.5 Å². The summed E-state index contributed by atoms with van der Waals surface area (Å²) in [5.41, 5.74) is 14.9. The van der Waals surface area contributed by atoms with E-state index in [4.69, 9.17) is 23.1 Å². The average Bonchev–Trinajstić information content (AvgIpc) is 3.00. The van der Waals surface area contributed by atoms with E-state index in [-0.39, 0.29) is 0 Å². The van der Waals surface area contributed by atoms with Gasteiger partial charge in [-0.05, 0) is 23.8 Å². The molecule has 0 aliphatic heterocycles. The molecule has 25 heavy (non-hydrogen) atoms. The van der Waals surface area contributed by atoms with E-state index in [1.54, 1.807) is 10.7 Å². The molecule has 4 rings (SSSR count). The van der Waals surface area contributed by atoms with E-state index < -0.39 is 0 Å². The van der Waals surface area contributed by atoms with Crippen LogP contribution in [-0.2, 0) is 6.54 Å². The third-order valence-corrected chi connectivity index (χ3v) is 4.26. The molecule has 0 spiro atoms. The number of nitrogens with two attached hydrogens (primary N) is 2. The van der Waals surface area contributed by atoms with Crippen LogP contribution in [0.25, 0.3) is 22.4 Å². The van der Waals surface area contributed by atoms with Crippen molar-refractivity contribution in [2.24, 2.45) is 0 Å². The summed E-state index contributed by atoms with van der Waals surface area (Å²) in [6.07, 6.45) is 1.83. The van der Waals surface area contributed by atoms with E-state index in [1.165, 1.54) is 0 Å². The Hall–Kier alpha value is -3.12. The molecule has 6 nitrogen and oxygen atoms in total. The molecule has 7 heteroatoms. The summed E-state index contributed by atoms with van der Waals surface area (Å²) in [4.78, 5) is 8.90. The molecule has 0 saturated carbocycles. The van der Waals surface area contributed by atoms with E-state index in [0.29, 0.717) is 39.9 Å². The van der Waals surface area contributed by atoms with Crippen LogP contribution < -0.4 is 11.5 Å². The fourth-order valence-corrected chi connectivity index (χ4v) is 2.86. The molecule has 2 heterocycles. The Kier molecular flexibility index (Phi) is 3.74. The standard InChI is InChI=1S/C18H15ClN6/c19-15-7-2-1-4-12(15)9-25-10-14-16(21)22-17(23-18(14)24-25)11-5-3-6-13(20)8-11/h1-8,10H,9,20H2,(H2,21,22,23,24). The molecule has 0 bridgehead atoms. The molecule has 0 saturated heterocycles. The molecule has 0 atom stereocenters. The normalized spacial score (nSPS) is 11.1. The molecule has 0 fully saturated rings. The van der Waals surface area contributed by atoms with Crippen LogP contribution in [0, 0.1) is 0 Å². The van der Waals surface area contributed by atoms with Crippen molar-refractivity contribution in [2.45, 2.75) is 6.54 Å². The first-order valence-electron chi connectivity index (χ1n) is 7.70. The molecule has 4 aromatic rings.